The molecule has 16 heavy (non-hydrogen) atoms. The van der Waals surface area contributed by atoms with Gasteiger partial charge in [-0.2, -0.15) is 0 Å². The van der Waals surface area contributed by atoms with Crippen LogP contribution in [0.1, 0.15) is 32.6 Å². The fourth-order valence-electron chi connectivity index (χ4n) is 2.95. The van der Waals surface area contributed by atoms with Gasteiger partial charge in [0.2, 0.25) is 0 Å². The summed E-state index contributed by atoms with van der Waals surface area (Å²) in [6.45, 7) is 9.74. The second kappa shape index (κ2) is 6.58. The van der Waals surface area contributed by atoms with Crippen molar-refractivity contribution in [1.29, 1.82) is 0 Å². The predicted octanol–water partition coefficient (Wildman–Crippen LogP) is 1.06. The topological polar surface area (TPSA) is 27.3 Å². The molecule has 2 aliphatic rings. The summed E-state index contributed by atoms with van der Waals surface area (Å²) < 4.78 is 0. The van der Waals surface area contributed by atoms with Gasteiger partial charge in [0.05, 0.1) is 0 Å². The van der Waals surface area contributed by atoms with Crippen LogP contribution in [0.25, 0.3) is 0 Å². The van der Waals surface area contributed by atoms with Crippen molar-refractivity contribution in [1.82, 2.24) is 15.5 Å². The quantitative estimate of drug-likeness (QED) is 0.749. The molecule has 2 aliphatic heterocycles. The van der Waals surface area contributed by atoms with E-state index in [9.17, 15) is 0 Å². The summed E-state index contributed by atoms with van der Waals surface area (Å²) in [6, 6.07) is 0.789. The first-order valence-electron chi connectivity index (χ1n) is 7.02. The number of hydrogen-bond donors (Lipinski definition) is 2. The fraction of sp³-hybridized carbons (Fsp3) is 1.00. The average Bonchev–Trinajstić information content (AvgIpc) is 2.38. The minimum absolute atomic E-state index is 0.789. The average molecular weight is 225 g/mol. The Labute approximate surface area is 100.0 Å². The third-order valence-corrected chi connectivity index (χ3v) is 4.23. The first-order valence-corrected chi connectivity index (χ1v) is 7.02. The molecule has 0 aliphatic carbocycles. The molecule has 0 aromatic carbocycles. The molecule has 0 bridgehead atoms. The van der Waals surface area contributed by atoms with E-state index in [-0.39, 0.29) is 0 Å². The van der Waals surface area contributed by atoms with Gasteiger partial charge in [-0.1, -0.05) is 0 Å². The van der Waals surface area contributed by atoms with Gasteiger partial charge >= 0.3 is 0 Å². The number of rotatable bonds is 4. The van der Waals surface area contributed by atoms with E-state index in [0.29, 0.717) is 0 Å². The van der Waals surface area contributed by atoms with E-state index in [1.165, 1.54) is 65.0 Å². The Morgan fingerprint density at radius 1 is 1.06 bits per heavy atom. The van der Waals surface area contributed by atoms with Gasteiger partial charge in [0.1, 0.15) is 0 Å². The minimum Gasteiger partial charge on any atom is -0.317 e. The van der Waals surface area contributed by atoms with E-state index in [1.807, 2.05) is 0 Å². The van der Waals surface area contributed by atoms with Crippen LogP contribution in [0, 0.1) is 5.92 Å². The maximum absolute atomic E-state index is 3.45. The summed E-state index contributed by atoms with van der Waals surface area (Å²) in [5.74, 6) is 0.992. The van der Waals surface area contributed by atoms with Crippen LogP contribution in [0.3, 0.4) is 0 Å². The summed E-state index contributed by atoms with van der Waals surface area (Å²) in [4.78, 5) is 2.65. The van der Waals surface area contributed by atoms with Crippen LogP contribution in [-0.4, -0.2) is 50.2 Å². The molecule has 0 radical (unpaired) electrons. The van der Waals surface area contributed by atoms with Gasteiger partial charge in [-0.15, -0.1) is 0 Å². The lowest BCUT2D eigenvalue weighted by molar-refractivity contribution is 0.166. The van der Waals surface area contributed by atoms with Crippen LogP contribution in [0.4, 0.5) is 0 Å². The summed E-state index contributed by atoms with van der Waals surface area (Å²) in [6.07, 6.45) is 5.62. The monoisotopic (exact) mass is 225 g/mol. The Kier molecular flexibility index (Phi) is 5.07. The molecule has 2 N–H and O–H groups in total. The zero-order valence-electron chi connectivity index (χ0n) is 10.7. The van der Waals surface area contributed by atoms with E-state index in [2.05, 4.69) is 22.5 Å². The molecule has 1 unspecified atom stereocenters. The molecule has 2 rings (SSSR count). The molecule has 2 heterocycles. The molecule has 2 fully saturated rings. The number of hydrogen-bond acceptors (Lipinski definition) is 3. The lowest BCUT2D eigenvalue weighted by Crippen LogP contribution is -2.47. The van der Waals surface area contributed by atoms with Gasteiger partial charge < -0.3 is 10.6 Å². The second-order valence-electron chi connectivity index (χ2n) is 5.41. The summed E-state index contributed by atoms with van der Waals surface area (Å²) in [7, 11) is 0. The van der Waals surface area contributed by atoms with Crippen LogP contribution in [0.2, 0.25) is 0 Å². The van der Waals surface area contributed by atoms with Gasteiger partial charge in [-0.3, -0.25) is 4.90 Å². The van der Waals surface area contributed by atoms with Gasteiger partial charge in [0.25, 0.3) is 0 Å². The number of nitrogens with zero attached hydrogens (tertiary/aromatic N) is 1. The van der Waals surface area contributed by atoms with Crippen LogP contribution in [0.5, 0.6) is 0 Å². The van der Waals surface area contributed by atoms with E-state index in [4.69, 9.17) is 0 Å². The van der Waals surface area contributed by atoms with Crippen molar-refractivity contribution in [2.45, 2.75) is 38.6 Å². The maximum atomic E-state index is 3.45. The normalized spacial score (nSPS) is 26.8. The Hall–Kier alpha value is -0.120. The largest absolute Gasteiger partial charge is 0.317 e. The summed E-state index contributed by atoms with van der Waals surface area (Å²) in [5, 5.41) is 6.87. The van der Waals surface area contributed by atoms with Gasteiger partial charge in [-0.25, -0.2) is 0 Å². The van der Waals surface area contributed by atoms with Gasteiger partial charge in [0, 0.05) is 32.2 Å². The molecule has 0 spiro atoms. The van der Waals surface area contributed by atoms with Crippen molar-refractivity contribution in [2.24, 2.45) is 5.92 Å². The molecule has 0 amide bonds. The first kappa shape index (κ1) is 12.3. The first-order chi connectivity index (χ1) is 7.86. The zero-order valence-corrected chi connectivity index (χ0v) is 10.7. The smallest absolute Gasteiger partial charge is 0.0110 e. The van der Waals surface area contributed by atoms with Crippen molar-refractivity contribution in [3.63, 3.8) is 0 Å². The third kappa shape index (κ3) is 3.72. The van der Waals surface area contributed by atoms with E-state index < -0.39 is 0 Å². The Morgan fingerprint density at radius 2 is 1.69 bits per heavy atom. The van der Waals surface area contributed by atoms with Crippen molar-refractivity contribution in [3.8, 4) is 0 Å². The highest BCUT2D eigenvalue weighted by Crippen LogP contribution is 2.20. The number of piperazine rings is 1. The highest BCUT2D eigenvalue weighted by molar-refractivity contribution is 4.76. The molecule has 3 heteroatoms. The summed E-state index contributed by atoms with van der Waals surface area (Å²) >= 11 is 0. The van der Waals surface area contributed by atoms with Crippen molar-refractivity contribution < 1.29 is 0 Å². The lowest BCUT2D eigenvalue weighted by Gasteiger charge is -2.34. The SMILES string of the molecule is CC(CCC1CCNCC1)N1CCNCC1. The molecule has 3 nitrogen and oxygen atoms in total. The molecule has 0 aromatic rings. The highest BCUT2D eigenvalue weighted by Gasteiger charge is 2.19. The Bertz CT molecular complexity index is 184. The standard InChI is InChI=1S/C13H27N3/c1-12(16-10-8-15-9-11-16)2-3-13-4-6-14-7-5-13/h12-15H,2-11H2,1H3. The van der Waals surface area contributed by atoms with Crippen molar-refractivity contribution >= 4 is 0 Å². The van der Waals surface area contributed by atoms with Crippen molar-refractivity contribution in [3.05, 3.63) is 0 Å². The van der Waals surface area contributed by atoms with E-state index in [1.54, 1.807) is 0 Å². The maximum Gasteiger partial charge on any atom is 0.0110 e. The van der Waals surface area contributed by atoms with Gasteiger partial charge in [-0.05, 0) is 51.6 Å². The predicted molar refractivity (Wildman–Crippen MR) is 68.7 cm³/mol. The van der Waals surface area contributed by atoms with Gasteiger partial charge in [0.15, 0.2) is 0 Å². The third-order valence-electron chi connectivity index (χ3n) is 4.23. The lowest BCUT2D eigenvalue weighted by atomic mass is 9.91. The molecular weight excluding hydrogens is 198 g/mol. The highest BCUT2D eigenvalue weighted by atomic mass is 15.2. The molecule has 94 valence electrons. The molecule has 2 saturated heterocycles. The van der Waals surface area contributed by atoms with Crippen LogP contribution < -0.4 is 10.6 Å². The minimum atomic E-state index is 0.789. The molecular formula is C13H27N3. The second-order valence-corrected chi connectivity index (χ2v) is 5.41. The van der Waals surface area contributed by atoms with Crippen LogP contribution >= 0.6 is 0 Å². The van der Waals surface area contributed by atoms with Crippen molar-refractivity contribution in [2.75, 3.05) is 39.3 Å². The van der Waals surface area contributed by atoms with Crippen LogP contribution in [-0.2, 0) is 0 Å². The number of nitrogens with one attached hydrogen (secondary N) is 2. The molecule has 1 atom stereocenters. The van der Waals surface area contributed by atoms with Crippen LogP contribution in [0.15, 0.2) is 0 Å². The Balaban J connectivity index is 1.63. The summed E-state index contributed by atoms with van der Waals surface area (Å²) in [5.41, 5.74) is 0. The fourth-order valence-corrected chi connectivity index (χ4v) is 2.95. The van der Waals surface area contributed by atoms with E-state index in [0.717, 1.165) is 12.0 Å². The molecule has 0 saturated carbocycles. The zero-order chi connectivity index (χ0) is 11.2. The number of piperidine rings is 1. The molecule has 0 aromatic heterocycles. The Morgan fingerprint density at radius 3 is 2.38 bits per heavy atom. The van der Waals surface area contributed by atoms with E-state index >= 15 is 0 Å².